The zero-order valence-corrected chi connectivity index (χ0v) is 15.7. The quantitative estimate of drug-likeness (QED) is 0.882. The summed E-state index contributed by atoms with van der Waals surface area (Å²) in [6.45, 7) is 5.46. The minimum absolute atomic E-state index is 0. The maximum absolute atomic E-state index is 12.5. The first kappa shape index (κ1) is 21.2. The molecule has 1 unspecified atom stereocenters. The van der Waals surface area contributed by atoms with Crippen LogP contribution in [0.3, 0.4) is 0 Å². The number of carbonyl (C=O) groups excluding carboxylic acids is 1. The number of amides is 1. The Balaban J connectivity index is 0.00000144. The highest BCUT2D eigenvalue weighted by Crippen LogP contribution is 2.23. The smallest absolute Gasteiger partial charge is 0.244 e. The van der Waals surface area contributed by atoms with E-state index in [-0.39, 0.29) is 30.7 Å². The standard InChI is InChI=1S/C18H27N3O.2ClH/c19-17(16-6-2-1-3-7-16)18(22)21-12-8-15(9-13-21)14-20-10-4-5-11-20;;/h1-3,6-7,15,17H,4-5,8-14,19H2;2*1H. The summed E-state index contributed by atoms with van der Waals surface area (Å²) in [5.41, 5.74) is 7.05. The summed E-state index contributed by atoms with van der Waals surface area (Å²) in [4.78, 5) is 17.1. The molecule has 1 aromatic rings. The van der Waals surface area contributed by atoms with E-state index < -0.39 is 6.04 Å². The molecule has 1 atom stereocenters. The van der Waals surface area contributed by atoms with Crippen molar-refractivity contribution in [2.24, 2.45) is 11.7 Å². The lowest BCUT2D eigenvalue weighted by Crippen LogP contribution is -2.44. The van der Waals surface area contributed by atoms with Crippen molar-refractivity contribution >= 4 is 30.7 Å². The van der Waals surface area contributed by atoms with Crippen LogP contribution in [0.2, 0.25) is 0 Å². The SMILES string of the molecule is Cl.Cl.NC(C(=O)N1CCC(CN2CCCC2)CC1)c1ccccc1. The molecule has 6 heteroatoms. The third-order valence-corrected chi connectivity index (χ3v) is 5.07. The third kappa shape index (κ3) is 5.35. The molecule has 1 aromatic carbocycles. The number of nitrogens with two attached hydrogens (primary N) is 1. The van der Waals surface area contributed by atoms with Gasteiger partial charge in [0.05, 0.1) is 0 Å². The molecule has 3 rings (SSSR count). The molecular formula is C18H29Cl2N3O. The number of nitrogens with zero attached hydrogens (tertiary/aromatic N) is 2. The first-order valence-electron chi connectivity index (χ1n) is 8.55. The zero-order chi connectivity index (χ0) is 15.4. The van der Waals surface area contributed by atoms with Crippen LogP contribution in [0.15, 0.2) is 30.3 Å². The molecule has 24 heavy (non-hydrogen) atoms. The predicted octanol–water partition coefficient (Wildman–Crippen LogP) is 2.86. The van der Waals surface area contributed by atoms with Gasteiger partial charge in [0.15, 0.2) is 0 Å². The Morgan fingerprint density at radius 3 is 2.21 bits per heavy atom. The molecule has 0 bridgehead atoms. The molecule has 2 N–H and O–H groups in total. The Hall–Kier alpha value is -0.810. The molecule has 2 aliphatic heterocycles. The summed E-state index contributed by atoms with van der Waals surface area (Å²) < 4.78 is 0. The zero-order valence-electron chi connectivity index (χ0n) is 14.1. The highest BCUT2D eigenvalue weighted by molar-refractivity contribution is 5.85. The van der Waals surface area contributed by atoms with Gasteiger partial charge in [0, 0.05) is 19.6 Å². The summed E-state index contributed by atoms with van der Waals surface area (Å²) in [6, 6.07) is 9.17. The van der Waals surface area contributed by atoms with Crippen molar-refractivity contribution in [1.82, 2.24) is 9.80 Å². The number of rotatable bonds is 4. The average molecular weight is 374 g/mol. The lowest BCUT2D eigenvalue weighted by atomic mass is 9.95. The molecule has 2 heterocycles. The van der Waals surface area contributed by atoms with Gasteiger partial charge in [-0.1, -0.05) is 30.3 Å². The number of likely N-dealkylation sites (tertiary alicyclic amines) is 2. The highest BCUT2D eigenvalue weighted by atomic mass is 35.5. The number of carbonyl (C=O) groups is 1. The van der Waals surface area contributed by atoms with Crippen molar-refractivity contribution < 1.29 is 4.79 Å². The van der Waals surface area contributed by atoms with E-state index >= 15 is 0 Å². The van der Waals surface area contributed by atoms with E-state index in [1.807, 2.05) is 35.2 Å². The lowest BCUT2D eigenvalue weighted by Gasteiger charge is -2.35. The summed E-state index contributed by atoms with van der Waals surface area (Å²) in [6.07, 6.45) is 4.93. The summed E-state index contributed by atoms with van der Waals surface area (Å²) in [5.74, 6) is 0.820. The number of halogens is 2. The number of hydrogen-bond donors (Lipinski definition) is 1. The van der Waals surface area contributed by atoms with Gasteiger partial charge in [-0.25, -0.2) is 0 Å². The fourth-order valence-corrected chi connectivity index (χ4v) is 3.67. The van der Waals surface area contributed by atoms with Crippen LogP contribution in [0.5, 0.6) is 0 Å². The number of benzene rings is 1. The van der Waals surface area contributed by atoms with Crippen LogP contribution in [0, 0.1) is 5.92 Å². The molecular weight excluding hydrogens is 345 g/mol. The summed E-state index contributed by atoms with van der Waals surface area (Å²) in [5, 5.41) is 0. The van der Waals surface area contributed by atoms with Crippen LogP contribution in [0.4, 0.5) is 0 Å². The van der Waals surface area contributed by atoms with E-state index in [9.17, 15) is 4.79 Å². The van der Waals surface area contributed by atoms with E-state index in [4.69, 9.17) is 5.73 Å². The van der Waals surface area contributed by atoms with Crippen molar-refractivity contribution in [1.29, 1.82) is 0 Å². The molecule has 2 saturated heterocycles. The van der Waals surface area contributed by atoms with Crippen molar-refractivity contribution in [2.45, 2.75) is 31.7 Å². The lowest BCUT2D eigenvalue weighted by molar-refractivity contribution is -0.134. The maximum atomic E-state index is 12.5. The van der Waals surface area contributed by atoms with Gasteiger partial charge in [-0.05, 0) is 50.3 Å². The van der Waals surface area contributed by atoms with Crippen LogP contribution in [-0.4, -0.2) is 48.4 Å². The number of hydrogen-bond acceptors (Lipinski definition) is 3. The first-order chi connectivity index (χ1) is 10.7. The van der Waals surface area contributed by atoms with Gasteiger partial charge >= 0.3 is 0 Å². The third-order valence-electron chi connectivity index (χ3n) is 5.07. The van der Waals surface area contributed by atoms with E-state index in [0.717, 1.165) is 37.4 Å². The molecule has 1 amide bonds. The van der Waals surface area contributed by atoms with Gasteiger partial charge in [0.25, 0.3) is 0 Å². The number of piperidine rings is 1. The average Bonchev–Trinajstić information content (AvgIpc) is 3.08. The molecule has 136 valence electrons. The molecule has 0 spiro atoms. The van der Waals surface area contributed by atoms with Crippen molar-refractivity contribution in [2.75, 3.05) is 32.7 Å². The Labute approximate surface area is 157 Å². The fourth-order valence-electron chi connectivity index (χ4n) is 3.67. The molecule has 4 nitrogen and oxygen atoms in total. The molecule has 2 fully saturated rings. The van der Waals surface area contributed by atoms with Crippen molar-refractivity contribution in [3.63, 3.8) is 0 Å². The van der Waals surface area contributed by atoms with Gasteiger partial charge in [0.1, 0.15) is 6.04 Å². The molecule has 2 aliphatic rings. The summed E-state index contributed by atoms with van der Waals surface area (Å²) in [7, 11) is 0. The largest absolute Gasteiger partial charge is 0.341 e. The van der Waals surface area contributed by atoms with Gasteiger partial charge in [-0.3, -0.25) is 4.79 Å². The second-order valence-electron chi connectivity index (χ2n) is 6.66. The topological polar surface area (TPSA) is 49.6 Å². The molecule has 0 aliphatic carbocycles. The molecule has 0 aromatic heterocycles. The maximum Gasteiger partial charge on any atom is 0.244 e. The minimum Gasteiger partial charge on any atom is -0.341 e. The van der Waals surface area contributed by atoms with E-state index in [0.29, 0.717) is 0 Å². The fraction of sp³-hybridized carbons (Fsp3) is 0.611. The predicted molar refractivity (Wildman–Crippen MR) is 103 cm³/mol. The van der Waals surface area contributed by atoms with Crippen LogP contribution in [0.25, 0.3) is 0 Å². The van der Waals surface area contributed by atoms with E-state index in [1.165, 1.54) is 32.5 Å². The Bertz CT molecular complexity index is 486. The van der Waals surface area contributed by atoms with Gasteiger partial charge in [-0.15, -0.1) is 24.8 Å². The second kappa shape index (κ2) is 10.2. The minimum atomic E-state index is -0.517. The first-order valence-corrected chi connectivity index (χ1v) is 8.55. The van der Waals surface area contributed by atoms with Gasteiger partial charge in [-0.2, -0.15) is 0 Å². The van der Waals surface area contributed by atoms with Crippen LogP contribution in [0.1, 0.15) is 37.3 Å². The second-order valence-corrected chi connectivity index (χ2v) is 6.66. The Morgan fingerprint density at radius 2 is 1.62 bits per heavy atom. The Kier molecular flexibility index (Phi) is 9.06. The van der Waals surface area contributed by atoms with Crippen LogP contribution in [-0.2, 0) is 4.79 Å². The molecule has 0 radical (unpaired) electrons. The van der Waals surface area contributed by atoms with Crippen molar-refractivity contribution in [3.05, 3.63) is 35.9 Å². The van der Waals surface area contributed by atoms with E-state index in [1.54, 1.807) is 0 Å². The highest BCUT2D eigenvalue weighted by Gasteiger charge is 2.28. The summed E-state index contributed by atoms with van der Waals surface area (Å²) >= 11 is 0. The van der Waals surface area contributed by atoms with Crippen LogP contribution < -0.4 is 5.73 Å². The normalized spacial score (nSPS) is 20.1. The van der Waals surface area contributed by atoms with E-state index in [2.05, 4.69) is 4.90 Å². The monoisotopic (exact) mass is 373 g/mol. The van der Waals surface area contributed by atoms with Gasteiger partial charge in [0.2, 0.25) is 5.91 Å². The van der Waals surface area contributed by atoms with Gasteiger partial charge < -0.3 is 15.5 Å². The van der Waals surface area contributed by atoms with Crippen molar-refractivity contribution in [3.8, 4) is 0 Å². The molecule has 0 saturated carbocycles. The van der Waals surface area contributed by atoms with Crippen LogP contribution >= 0.6 is 24.8 Å². The Morgan fingerprint density at radius 1 is 1.04 bits per heavy atom.